The summed E-state index contributed by atoms with van der Waals surface area (Å²) in [7, 11) is 0. The number of carboxylic acid groups (broad SMARTS) is 1. The molecule has 20 heavy (non-hydrogen) atoms. The van der Waals surface area contributed by atoms with Crippen molar-refractivity contribution in [3.8, 4) is 5.75 Å². The molecule has 0 heterocycles. The van der Waals surface area contributed by atoms with Gasteiger partial charge in [0.1, 0.15) is 11.8 Å². The fourth-order valence-electron chi connectivity index (χ4n) is 1.68. The quantitative estimate of drug-likeness (QED) is 0.812. The van der Waals surface area contributed by atoms with Crippen LogP contribution in [0.4, 0.5) is 8.78 Å². The van der Waals surface area contributed by atoms with Crippen molar-refractivity contribution in [3.63, 3.8) is 0 Å². The third-order valence-electron chi connectivity index (χ3n) is 2.67. The second-order valence-corrected chi connectivity index (χ2v) is 4.99. The summed E-state index contributed by atoms with van der Waals surface area (Å²) >= 11 is 5.81. The van der Waals surface area contributed by atoms with Gasteiger partial charge in [-0.05, 0) is 23.6 Å². The molecule has 0 aromatic heterocycles. The summed E-state index contributed by atoms with van der Waals surface area (Å²) in [6.07, 6.45) is 0. The second kappa shape index (κ2) is 7.40. The first kappa shape index (κ1) is 16.7. The molecule has 4 nitrogen and oxygen atoms in total. The van der Waals surface area contributed by atoms with Crippen LogP contribution in [-0.4, -0.2) is 23.7 Å². The van der Waals surface area contributed by atoms with Crippen LogP contribution in [0.25, 0.3) is 0 Å². The first-order chi connectivity index (χ1) is 9.31. The van der Waals surface area contributed by atoms with E-state index in [9.17, 15) is 13.6 Å². The zero-order valence-electron chi connectivity index (χ0n) is 11.1. The van der Waals surface area contributed by atoms with Crippen molar-refractivity contribution < 1.29 is 23.4 Å². The number of halogens is 3. The Morgan fingerprint density at radius 2 is 2.10 bits per heavy atom. The Bertz CT molecular complexity index is 469. The molecule has 0 fully saturated rings. The monoisotopic (exact) mass is 307 g/mol. The van der Waals surface area contributed by atoms with Gasteiger partial charge in [-0.2, -0.15) is 8.78 Å². The van der Waals surface area contributed by atoms with E-state index >= 15 is 0 Å². The SMILES string of the molecule is CC(C)[C@@H](NCc1ccc(OC(F)F)c(Cl)c1)C(=O)O. The van der Waals surface area contributed by atoms with Crippen LogP contribution in [0.1, 0.15) is 19.4 Å². The van der Waals surface area contributed by atoms with Gasteiger partial charge in [-0.1, -0.05) is 31.5 Å². The number of alkyl halides is 2. The molecule has 0 amide bonds. The summed E-state index contributed by atoms with van der Waals surface area (Å²) in [6.45, 7) is 0.911. The van der Waals surface area contributed by atoms with Crippen LogP contribution >= 0.6 is 11.6 Å². The Kier molecular flexibility index (Phi) is 6.16. The maximum atomic E-state index is 12.1. The van der Waals surface area contributed by atoms with E-state index < -0.39 is 18.6 Å². The van der Waals surface area contributed by atoms with Crippen molar-refractivity contribution in [1.82, 2.24) is 5.32 Å². The lowest BCUT2D eigenvalue weighted by Crippen LogP contribution is -2.40. The molecule has 7 heteroatoms. The van der Waals surface area contributed by atoms with Crippen LogP contribution in [0, 0.1) is 5.92 Å². The number of benzene rings is 1. The van der Waals surface area contributed by atoms with Gasteiger partial charge in [0.05, 0.1) is 5.02 Å². The van der Waals surface area contributed by atoms with Crippen molar-refractivity contribution in [2.24, 2.45) is 5.92 Å². The average molecular weight is 308 g/mol. The molecule has 1 atom stereocenters. The molecule has 0 aliphatic rings. The summed E-state index contributed by atoms with van der Waals surface area (Å²) < 4.78 is 28.4. The third-order valence-corrected chi connectivity index (χ3v) is 2.97. The molecular weight excluding hydrogens is 292 g/mol. The summed E-state index contributed by atoms with van der Waals surface area (Å²) in [5.74, 6) is -1.13. The molecule has 0 spiro atoms. The van der Waals surface area contributed by atoms with E-state index in [1.165, 1.54) is 12.1 Å². The number of hydrogen-bond donors (Lipinski definition) is 2. The van der Waals surface area contributed by atoms with Gasteiger partial charge in [0, 0.05) is 6.54 Å². The number of rotatable bonds is 7. The van der Waals surface area contributed by atoms with Gasteiger partial charge in [0.2, 0.25) is 0 Å². The van der Waals surface area contributed by atoms with E-state index in [-0.39, 0.29) is 23.2 Å². The van der Waals surface area contributed by atoms with E-state index in [1.54, 1.807) is 19.9 Å². The van der Waals surface area contributed by atoms with Crippen LogP contribution in [0.5, 0.6) is 5.75 Å². The molecule has 112 valence electrons. The number of carbonyl (C=O) groups is 1. The molecule has 0 saturated carbocycles. The number of ether oxygens (including phenoxy) is 1. The minimum atomic E-state index is -2.94. The number of nitrogens with one attached hydrogen (secondary N) is 1. The van der Waals surface area contributed by atoms with E-state index in [4.69, 9.17) is 16.7 Å². The molecule has 0 saturated heterocycles. The van der Waals surface area contributed by atoms with Crippen LogP contribution < -0.4 is 10.1 Å². The van der Waals surface area contributed by atoms with Gasteiger partial charge >= 0.3 is 12.6 Å². The number of carboxylic acids is 1. The van der Waals surface area contributed by atoms with Crippen LogP contribution in [-0.2, 0) is 11.3 Å². The summed E-state index contributed by atoms with van der Waals surface area (Å²) in [5, 5.41) is 12.0. The zero-order chi connectivity index (χ0) is 15.3. The number of hydrogen-bond acceptors (Lipinski definition) is 3. The van der Waals surface area contributed by atoms with Crippen molar-refractivity contribution in [1.29, 1.82) is 0 Å². The first-order valence-corrected chi connectivity index (χ1v) is 6.38. The van der Waals surface area contributed by atoms with Gasteiger partial charge < -0.3 is 15.2 Å². The fraction of sp³-hybridized carbons (Fsp3) is 0.462. The lowest BCUT2D eigenvalue weighted by atomic mass is 10.0. The van der Waals surface area contributed by atoms with Crippen LogP contribution in [0.2, 0.25) is 5.02 Å². The summed E-state index contributed by atoms with van der Waals surface area (Å²) in [5.41, 5.74) is 0.684. The summed E-state index contributed by atoms with van der Waals surface area (Å²) in [6, 6.07) is 3.66. The molecule has 1 aromatic rings. The third kappa shape index (κ3) is 4.94. The Morgan fingerprint density at radius 1 is 1.45 bits per heavy atom. The minimum absolute atomic E-state index is 0.0565. The van der Waals surface area contributed by atoms with Crippen LogP contribution in [0.15, 0.2) is 18.2 Å². The molecule has 0 bridgehead atoms. The van der Waals surface area contributed by atoms with E-state index in [0.29, 0.717) is 5.56 Å². The molecule has 2 N–H and O–H groups in total. The Morgan fingerprint density at radius 3 is 2.55 bits per heavy atom. The lowest BCUT2D eigenvalue weighted by molar-refractivity contribution is -0.140. The summed E-state index contributed by atoms with van der Waals surface area (Å²) in [4.78, 5) is 11.0. The molecule has 1 rings (SSSR count). The fourth-order valence-corrected chi connectivity index (χ4v) is 1.93. The highest BCUT2D eigenvalue weighted by Crippen LogP contribution is 2.27. The highest BCUT2D eigenvalue weighted by Gasteiger charge is 2.20. The maximum absolute atomic E-state index is 12.1. The van der Waals surface area contributed by atoms with Crippen molar-refractivity contribution >= 4 is 17.6 Å². The van der Waals surface area contributed by atoms with E-state index in [2.05, 4.69) is 10.1 Å². The molecule has 0 aliphatic carbocycles. The van der Waals surface area contributed by atoms with Crippen molar-refractivity contribution in [2.75, 3.05) is 0 Å². The first-order valence-electron chi connectivity index (χ1n) is 6.00. The topological polar surface area (TPSA) is 58.6 Å². The smallest absolute Gasteiger partial charge is 0.387 e. The highest BCUT2D eigenvalue weighted by molar-refractivity contribution is 6.32. The zero-order valence-corrected chi connectivity index (χ0v) is 11.8. The number of aliphatic carboxylic acids is 1. The van der Waals surface area contributed by atoms with E-state index in [0.717, 1.165) is 0 Å². The standard InChI is InChI=1S/C13H16ClF2NO3/c1-7(2)11(12(18)19)17-6-8-3-4-10(9(14)5-8)20-13(15)16/h3-5,7,11,13,17H,6H2,1-2H3,(H,18,19)/t11-/m1/s1. The van der Waals surface area contributed by atoms with Gasteiger partial charge in [-0.15, -0.1) is 0 Å². The Balaban J connectivity index is 2.69. The second-order valence-electron chi connectivity index (χ2n) is 4.58. The van der Waals surface area contributed by atoms with Crippen molar-refractivity contribution in [2.45, 2.75) is 33.0 Å². The Labute approximate surface area is 120 Å². The molecule has 0 radical (unpaired) electrons. The largest absolute Gasteiger partial charge is 0.480 e. The highest BCUT2D eigenvalue weighted by atomic mass is 35.5. The van der Waals surface area contributed by atoms with Gasteiger partial charge in [0.25, 0.3) is 0 Å². The lowest BCUT2D eigenvalue weighted by Gasteiger charge is -2.18. The molecule has 0 unspecified atom stereocenters. The van der Waals surface area contributed by atoms with Gasteiger partial charge in [-0.25, -0.2) is 0 Å². The molecule has 1 aromatic carbocycles. The van der Waals surface area contributed by atoms with Gasteiger partial charge in [0.15, 0.2) is 0 Å². The molecule has 0 aliphatic heterocycles. The van der Waals surface area contributed by atoms with Gasteiger partial charge in [-0.3, -0.25) is 4.79 Å². The van der Waals surface area contributed by atoms with Crippen molar-refractivity contribution in [3.05, 3.63) is 28.8 Å². The predicted octanol–water partition coefficient (Wildman–Crippen LogP) is 3.14. The molecular formula is C13H16ClF2NO3. The maximum Gasteiger partial charge on any atom is 0.387 e. The average Bonchev–Trinajstić information content (AvgIpc) is 2.31. The minimum Gasteiger partial charge on any atom is -0.480 e. The predicted molar refractivity (Wildman–Crippen MR) is 71.2 cm³/mol. The Hall–Kier alpha value is -1.40. The van der Waals surface area contributed by atoms with Crippen LogP contribution in [0.3, 0.4) is 0 Å². The normalized spacial score (nSPS) is 12.8. The van der Waals surface area contributed by atoms with E-state index in [1.807, 2.05) is 0 Å².